The fraction of sp³-hybridized carbons (Fsp3) is 0.235. The molecule has 1 N–H and O–H groups in total. The first-order chi connectivity index (χ1) is 9.60. The second-order valence-corrected chi connectivity index (χ2v) is 4.83. The number of aryl methyl sites for hydroxylation is 1. The average Bonchev–Trinajstić information content (AvgIpc) is 2.48. The molecule has 20 heavy (non-hydrogen) atoms. The zero-order valence-corrected chi connectivity index (χ0v) is 12.0. The zero-order chi connectivity index (χ0) is 14.5. The first-order valence-electron chi connectivity index (χ1n) is 6.61. The molecule has 0 aliphatic heterocycles. The molecule has 1 atom stereocenters. The SMILES string of the molecule is COc1ccc([C@@H](C)NC(=O)c2ccc(C)cc2)cc1. The molecule has 3 nitrogen and oxygen atoms in total. The number of rotatable bonds is 4. The maximum Gasteiger partial charge on any atom is 0.251 e. The molecule has 0 radical (unpaired) electrons. The molecule has 0 saturated heterocycles. The molecule has 0 aromatic heterocycles. The summed E-state index contributed by atoms with van der Waals surface area (Å²) in [5.74, 6) is 0.749. The second kappa shape index (κ2) is 6.24. The summed E-state index contributed by atoms with van der Waals surface area (Å²) in [5.41, 5.74) is 2.87. The highest BCUT2D eigenvalue weighted by Gasteiger charge is 2.11. The molecule has 2 aromatic carbocycles. The highest BCUT2D eigenvalue weighted by molar-refractivity contribution is 5.94. The van der Waals surface area contributed by atoms with Crippen LogP contribution < -0.4 is 10.1 Å². The Labute approximate surface area is 119 Å². The molecule has 0 saturated carbocycles. The minimum absolute atomic E-state index is 0.0466. The van der Waals surface area contributed by atoms with Crippen molar-refractivity contribution in [1.82, 2.24) is 5.32 Å². The van der Waals surface area contributed by atoms with E-state index < -0.39 is 0 Å². The summed E-state index contributed by atoms with van der Waals surface area (Å²) in [4.78, 5) is 12.1. The highest BCUT2D eigenvalue weighted by atomic mass is 16.5. The number of benzene rings is 2. The van der Waals surface area contributed by atoms with E-state index in [2.05, 4.69) is 5.32 Å². The van der Waals surface area contributed by atoms with Gasteiger partial charge in [-0.05, 0) is 43.7 Å². The summed E-state index contributed by atoms with van der Waals surface area (Å²) in [6, 6.07) is 15.2. The Morgan fingerprint density at radius 3 is 2.20 bits per heavy atom. The van der Waals surface area contributed by atoms with Crippen molar-refractivity contribution in [3.63, 3.8) is 0 Å². The molecule has 1 amide bonds. The first-order valence-corrected chi connectivity index (χ1v) is 6.61. The molecular weight excluding hydrogens is 250 g/mol. The van der Waals surface area contributed by atoms with Gasteiger partial charge in [0.25, 0.3) is 5.91 Å². The van der Waals surface area contributed by atoms with Crippen LogP contribution in [0.1, 0.15) is 34.5 Å². The number of carbonyl (C=O) groups is 1. The lowest BCUT2D eigenvalue weighted by atomic mass is 10.1. The monoisotopic (exact) mass is 269 g/mol. The van der Waals surface area contributed by atoms with Crippen molar-refractivity contribution in [1.29, 1.82) is 0 Å². The molecule has 0 unspecified atom stereocenters. The standard InChI is InChI=1S/C17H19NO2/c1-12-4-6-15(7-5-12)17(19)18-13(2)14-8-10-16(20-3)11-9-14/h4-11,13H,1-3H3,(H,18,19)/t13-/m1/s1. The van der Waals surface area contributed by atoms with E-state index in [0.717, 1.165) is 16.9 Å². The van der Waals surface area contributed by atoms with E-state index in [1.807, 2.05) is 62.4 Å². The Bertz CT molecular complexity index is 573. The average molecular weight is 269 g/mol. The smallest absolute Gasteiger partial charge is 0.251 e. The summed E-state index contributed by atoms with van der Waals surface area (Å²) < 4.78 is 5.12. The third-order valence-corrected chi connectivity index (χ3v) is 3.28. The summed E-state index contributed by atoms with van der Waals surface area (Å²) >= 11 is 0. The van der Waals surface area contributed by atoms with E-state index >= 15 is 0 Å². The normalized spacial score (nSPS) is 11.8. The van der Waals surface area contributed by atoms with Gasteiger partial charge in [0.1, 0.15) is 5.75 Å². The van der Waals surface area contributed by atoms with Gasteiger partial charge in [-0.15, -0.1) is 0 Å². The van der Waals surface area contributed by atoms with Gasteiger partial charge in [-0.2, -0.15) is 0 Å². The van der Waals surface area contributed by atoms with Crippen LogP contribution in [-0.2, 0) is 0 Å². The molecule has 0 spiro atoms. The van der Waals surface area contributed by atoms with Crippen LogP contribution in [0.15, 0.2) is 48.5 Å². The fourth-order valence-electron chi connectivity index (χ4n) is 1.96. The van der Waals surface area contributed by atoms with Crippen LogP contribution in [0.5, 0.6) is 5.75 Å². The Morgan fingerprint density at radius 1 is 1.05 bits per heavy atom. The number of nitrogens with one attached hydrogen (secondary N) is 1. The number of carbonyl (C=O) groups excluding carboxylic acids is 1. The highest BCUT2D eigenvalue weighted by Crippen LogP contribution is 2.17. The van der Waals surface area contributed by atoms with Crippen molar-refractivity contribution in [3.05, 3.63) is 65.2 Å². The molecule has 0 aliphatic carbocycles. The van der Waals surface area contributed by atoms with E-state index in [9.17, 15) is 4.79 Å². The Morgan fingerprint density at radius 2 is 1.65 bits per heavy atom. The van der Waals surface area contributed by atoms with Gasteiger partial charge in [-0.3, -0.25) is 4.79 Å². The van der Waals surface area contributed by atoms with E-state index in [4.69, 9.17) is 4.74 Å². The molecule has 0 fully saturated rings. The summed E-state index contributed by atoms with van der Waals surface area (Å²) in [6.07, 6.45) is 0. The van der Waals surface area contributed by atoms with E-state index in [-0.39, 0.29) is 11.9 Å². The topological polar surface area (TPSA) is 38.3 Å². The number of ether oxygens (including phenoxy) is 1. The number of methoxy groups -OCH3 is 1. The van der Waals surface area contributed by atoms with E-state index in [1.165, 1.54) is 0 Å². The molecule has 104 valence electrons. The fourth-order valence-corrected chi connectivity index (χ4v) is 1.96. The predicted molar refractivity (Wildman–Crippen MR) is 80.1 cm³/mol. The van der Waals surface area contributed by atoms with E-state index in [1.54, 1.807) is 7.11 Å². The maximum absolute atomic E-state index is 12.1. The number of hydrogen-bond donors (Lipinski definition) is 1. The van der Waals surface area contributed by atoms with Crippen LogP contribution >= 0.6 is 0 Å². The largest absolute Gasteiger partial charge is 0.497 e. The van der Waals surface area contributed by atoms with Gasteiger partial charge in [0.2, 0.25) is 0 Å². The van der Waals surface area contributed by atoms with Crippen LogP contribution in [0, 0.1) is 6.92 Å². The van der Waals surface area contributed by atoms with Crippen LogP contribution in [0.25, 0.3) is 0 Å². The molecule has 2 rings (SSSR count). The first kappa shape index (κ1) is 14.1. The lowest BCUT2D eigenvalue weighted by Crippen LogP contribution is -2.26. The minimum Gasteiger partial charge on any atom is -0.497 e. The Kier molecular flexibility index (Phi) is 4.41. The molecule has 0 bridgehead atoms. The molecular formula is C17H19NO2. The summed E-state index contributed by atoms with van der Waals surface area (Å²) in [5, 5.41) is 2.99. The minimum atomic E-state index is -0.0617. The van der Waals surface area contributed by atoms with Gasteiger partial charge >= 0.3 is 0 Å². The van der Waals surface area contributed by atoms with Crippen LogP contribution in [0.4, 0.5) is 0 Å². The van der Waals surface area contributed by atoms with Crippen LogP contribution in [-0.4, -0.2) is 13.0 Å². The van der Waals surface area contributed by atoms with Gasteiger partial charge in [0.15, 0.2) is 0 Å². The van der Waals surface area contributed by atoms with Gasteiger partial charge in [0.05, 0.1) is 13.2 Å². The zero-order valence-electron chi connectivity index (χ0n) is 12.0. The predicted octanol–water partition coefficient (Wildman–Crippen LogP) is 3.49. The van der Waals surface area contributed by atoms with E-state index in [0.29, 0.717) is 5.56 Å². The van der Waals surface area contributed by atoms with Crippen molar-refractivity contribution < 1.29 is 9.53 Å². The molecule has 3 heteroatoms. The molecule has 0 heterocycles. The second-order valence-electron chi connectivity index (χ2n) is 4.83. The third-order valence-electron chi connectivity index (χ3n) is 3.28. The van der Waals surface area contributed by atoms with Crippen molar-refractivity contribution in [2.24, 2.45) is 0 Å². The summed E-state index contributed by atoms with van der Waals surface area (Å²) in [7, 11) is 1.64. The Hall–Kier alpha value is -2.29. The van der Waals surface area contributed by atoms with Gasteiger partial charge < -0.3 is 10.1 Å². The van der Waals surface area contributed by atoms with Crippen LogP contribution in [0.2, 0.25) is 0 Å². The van der Waals surface area contributed by atoms with Gasteiger partial charge in [0, 0.05) is 5.56 Å². The van der Waals surface area contributed by atoms with Crippen LogP contribution in [0.3, 0.4) is 0 Å². The van der Waals surface area contributed by atoms with Crippen molar-refractivity contribution in [3.8, 4) is 5.75 Å². The quantitative estimate of drug-likeness (QED) is 0.922. The van der Waals surface area contributed by atoms with Gasteiger partial charge in [-0.1, -0.05) is 29.8 Å². The lowest BCUT2D eigenvalue weighted by molar-refractivity contribution is 0.0940. The molecule has 2 aromatic rings. The van der Waals surface area contributed by atoms with Gasteiger partial charge in [-0.25, -0.2) is 0 Å². The maximum atomic E-state index is 12.1. The molecule has 0 aliphatic rings. The third kappa shape index (κ3) is 3.38. The number of amides is 1. The lowest BCUT2D eigenvalue weighted by Gasteiger charge is -2.15. The van der Waals surface area contributed by atoms with Crippen molar-refractivity contribution in [2.45, 2.75) is 19.9 Å². The Balaban J connectivity index is 2.04. The summed E-state index contributed by atoms with van der Waals surface area (Å²) in [6.45, 7) is 3.97. The number of hydrogen-bond acceptors (Lipinski definition) is 2. The van der Waals surface area contributed by atoms with Crippen molar-refractivity contribution in [2.75, 3.05) is 7.11 Å². The van der Waals surface area contributed by atoms with Crippen molar-refractivity contribution >= 4 is 5.91 Å².